The number of likely N-dealkylation sites (tertiary alicyclic amines) is 1. The highest BCUT2D eigenvalue weighted by Gasteiger charge is 2.39. The first-order chi connectivity index (χ1) is 11.2. The van der Waals surface area contributed by atoms with E-state index in [1.807, 2.05) is 7.05 Å². The minimum atomic E-state index is 0. The first-order valence-electron chi connectivity index (χ1n) is 8.29. The summed E-state index contributed by atoms with van der Waals surface area (Å²) in [6.45, 7) is 3.42. The average Bonchev–Trinajstić information content (AvgIpc) is 2.60. The van der Waals surface area contributed by atoms with E-state index in [-0.39, 0.29) is 24.8 Å². The van der Waals surface area contributed by atoms with Crippen LogP contribution in [-0.2, 0) is 4.79 Å². The minimum Gasteiger partial charge on any atom is -0.481 e. The lowest BCUT2D eigenvalue weighted by Crippen LogP contribution is -2.57. The van der Waals surface area contributed by atoms with Crippen LogP contribution in [0, 0.1) is 5.92 Å². The predicted molar refractivity (Wildman–Crippen MR) is 102 cm³/mol. The Morgan fingerprint density at radius 2 is 2.16 bits per heavy atom. The van der Waals surface area contributed by atoms with Crippen molar-refractivity contribution in [3.63, 3.8) is 0 Å². The van der Waals surface area contributed by atoms with Crippen LogP contribution < -0.4 is 15.0 Å². The second kappa shape index (κ2) is 9.99. The number of halogens is 2. The summed E-state index contributed by atoms with van der Waals surface area (Å²) in [6, 6.07) is 2.11. The maximum atomic E-state index is 12.2. The van der Waals surface area contributed by atoms with E-state index < -0.39 is 0 Å². The molecule has 0 radical (unpaired) electrons. The van der Waals surface area contributed by atoms with Gasteiger partial charge in [0.2, 0.25) is 17.7 Å². The van der Waals surface area contributed by atoms with Gasteiger partial charge in [-0.2, -0.15) is 4.98 Å². The van der Waals surface area contributed by atoms with Crippen LogP contribution in [0.25, 0.3) is 0 Å². The molecule has 2 atom stereocenters. The number of carbonyl (C=O) groups excluding carboxylic acids is 1. The van der Waals surface area contributed by atoms with E-state index in [0.717, 1.165) is 45.0 Å². The molecular weight excluding hydrogens is 365 g/mol. The number of amides is 1. The fraction of sp³-hybridized carbons (Fsp3) is 0.688. The number of likely N-dealkylation sites (N-methyl/N-ethyl adjacent to an activating group) is 1. The van der Waals surface area contributed by atoms with E-state index in [2.05, 4.69) is 25.1 Å². The summed E-state index contributed by atoms with van der Waals surface area (Å²) in [6.07, 6.45) is 4.31. The Morgan fingerprint density at radius 1 is 1.36 bits per heavy atom. The molecule has 1 N–H and O–H groups in total. The van der Waals surface area contributed by atoms with Crippen molar-refractivity contribution < 1.29 is 9.53 Å². The smallest absolute Gasteiger partial charge is 0.228 e. The maximum absolute atomic E-state index is 12.2. The molecular formula is C16H27Cl2N5O2. The molecule has 2 aliphatic rings. The zero-order chi connectivity index (χ0) is 16.2. The molecule has 3 heterocycles. The summed E-state index contributed by atoms with van der Waals surface area (Å²) in [5, 5.41) is 3.14. The molecule has 7 nitrogen and oxygen atoms in total. The van der Waals surface area contributed by atoms with Crippen molar-refractivity contribution >= 4 is 36.7 Å². The van der Waals surface area contributed by atoms with Gasteiger partial charge in [0.15, 0.2) is 0 Å². The van der Waals surface area contributed by atoms with Crippen LogP contribution >= 0.6 is 24.8 Å². The molecule has 0 bridgehead atoms. The van der Waals surface area contributed by atoms with Crippen LogP contribution in [-0.4, -0.2) is 67.2 Å². The standard InChI is InChI=1S/C16H25N5O2.2ClH/c1-17-8-10-21-13-6-9-20(11-12(13)3-4-15(21)22)16-18-7-5-14(19-16)23-2;;/h5,7,12-13,17H,3-4,6,8-11H2,1-2H3;2*1H/t12-,13+;;/m0../s1. The second-order valence-electron chi connectivity index (χ2n) is 6.19. The van der Waals surface area contributed by atoms with Gasteiger partial charge in [0, 0.05) is 50.9 Å². The summed E-state index contributed by atoms with van der Waals surface area (Å²) in [5.74, 6) is 2.11. The highest BCUT2D eigenvalue weighted by Crippen LogP contribution is 2.32. The number of hydrogen-bond donors (Lipinski definition) is 1. The van der Waals surface area contributed by atoms with Crippen LogP contribution in [0.5, 0.6) is 5.88 Å². The lowest BCUT2D eigenvalue weighted by atomic mass is 9.83. The van der Waals surface area contributed by atoms with Gasteiger partial charge in [-0.05, 0) is 25.8 Å². The molecule has 9 heteroatoms. The Hall–Kier alpha value is -1.31. The molecule has 2 saturated heterocycles. The number of fused-ring (bicyclic) bond motifs is 1. The van der Waals surface area contributed by atoms with Gasteiger partial charge < -0.3 is 19.9 Å². The number of piperidine rings is 2. The molecule has 3 rings (SSSR count). The number of methoxy groups -OCH3 is 1. The second-order valence-corrected chi connectivity index (χ2v) is 6.19. The van der Waals surface area contributed by atoms with Crippen LogP contribution in [0.15, 0.2) is 12.3 Å². The van der Waals surface area contributed by atoms with E-state index >= 15 is 0 Å². The average molecular weight is 392 g/mol. The van der Waals surface area contributed by atoms with E-state index in [1.54, 1.807) is 19.4 Å². The Kier molecular flexibility index (Phi) is 8.68. The van der Waals surface area contributed by atoms with Gasteiger partial charge in [-0.15, -0.1) is 24.8 Å². The van der Waals surface area contributed by atoms with Crippen molar-refractivity contribution in [1.82, 2.24) is 20.2 Å². The van der Waals surface area contributed by atoms with Gasteiger partial charge >= 0.3 is 0 Å². The number of nitrogens with one attached hydrogen (secondary N) is 1. The molecule has 0 aromatic carbocycles. The van der Waals surface area contributed by atoms with Gasteiger partial charge in [0.1, 0.15) is 0 Å². The third kappa shape index (κ3) is 4.86. The van der Waals surface area contributed by atoms with Gasteiger partial charge in [-0.3, -0.25) is 4.79 Å². The van der Waals surface area contributed by atoms with Crippen molar-refractivity contribution in [2.75, 3.05) is 45.2 Å². The largest absolute Gasteiger partial charge is 0.481 e. The number of hydrogen-bond acceptors (Lipinski definition) is 6. The monoisotopic (exact) mass is 391 g/mol. The van der Waals surface area contributed by atoms with Gasteiger partial charge in [0.25, 0.3) is 0 Å². The molecule has 0 saturated carbocycles. The summed E-state index contributed by atoms with van der Waals surface area (Å²) in [5.41, 5.74) is 0. The fourth-order valence-corrected chi connectivity index (χ4v) is 3.65. The highest BCUT2D eigenvalue weighted by molar-refractivity contribution is 5.85. The first-order valence-corrected chi connectivity index (χ1v) is 8.29. The van der Waals surface area contributed by atoms with E-state index in [1.165, 1.54) is 0 Å². The van der Waals surface area contributed by atoms with E-state index in [9.17, 15) is 4.79 Å². The summed E-state index contributed by atoms with van der Waals surface area (Å²) in [4.78, 5) is 25.3. The molecule has 2 aliphatic heterocycles. The maximum Gasteiger partial charge on any atom is 0.228 e. The topological polar surface area (TPSA) is 70.6 Å². The van der Waals surface area contributed by atoms with Crippen molar-refractivity contribution in [2.24, 2.45) is 5.92 Å². The Morgan fingerprint density at radius 3 is 2.88 bits per heavy atom. The Balaban J connectivity index is 0.00000156. The number of carbonyl (C=O) groups is 1. The molecule has 142 valence electrons. The van der Waals surface area contributed by atoms with Crippen LogP contribution in [0.1, 0.15) is 19.3 Å². The van der Waals surface area contributed by atoms with E-state index in [4.69, 9.17) is 4.74 Å². The fourth-order valence-electron chi connectivity index (χ4n) is 3.65. The quantitative estimate of drug-likeness (QED) is 0.816. The lowest BCUT2D eigenvalue weighted by molar-refractivity contribution is -0.139. The van der Waals surface area contributed by atoms with Crippen LogP contribution in [0.3, 0.4) is 0 Å². The highest BCUT2D eigenvalue weighted by atomic mass is 35.5. The number of anilines is 1. The molecule has 1 amide bonds. The Labute approximate surface area is 161 Å². The van der Waals surface area contributed by atoms with Gasteiger partial charge in [-0.1, -0.05) is 0 Å². The van der Waals surface area contributed by atoms with Crippen molar-refractivity contribution in [3.05, 3.63) is 12.3 Å². The van der Waals surface area contributed by atoms with Crippen molar-refractivity contribution in [1.29, 1.82) is 0 Å². The molecule has 0 aliphatic carbocycles. The first kappa shape index (κ1) is 21.7. The molecule has 0 unspecified atom stereocenters. The van der Waals surface area contributed by atoms with E-state index in [0.29, 0.717) is 30.2 Å². The van der Waals surface area contributed by atoms with Gasteiger partial charge in [-0.25, -0.2) is 4.98 Å². The summed E-state index contributed by atoms with van der Waals surface area (Å²) < 4.78 is 5.19. The molecule has 1 aromatic rings. The van der Waals surface area contributed by atoms with Gasteiger partial charge in [0.05, 0.1) is 7.11 Å². The molecule has 2 fully saturated rings. The van der Waals surface area contributed by atoms with Crippen LogP contribution in [0.4, 0.5) is 5.95 Å². The summed E-state index contributed by atoms with van der Waals surface area (Å²) in [7, 11) is 3.54. The SMILES string of the molecule is CNCCN1C(=O)CC[C@H]2CN(c3nccc(OC)n3)CC[C@H]21.Cl.Cl. The molecule has 1 aromatic heterocycles. The predicted octanol–water partition coefficient (Wildman–Crippen LogP) is 1.37. The molecule has 0 spiro atoms. The lowest BCUT2D eigenvalue weighted by Gasteiger charge is -2.47. The normalized spacial score (nSPS) is 22.6. The number of aromatic nitrogens is 2. The van der Waals surface area contributed by atoms with Crippen LogP contribution in [0.2, 0.25) is 0 Å². The number of ether oxygens (including phenoxy) is 1. The Bertz CT molecular complexity index is 563. The zero-order valence-electron chi connectivity index (χ0n) is 14.7. The number of nitrogens with zero attached hydrogens (tertiary/aromatic N) is 4. The van der Waals surface area contributed by atoms with Crippen molar-refractivity contribution in [2.45, 2.75) is 25.3 Å². The summed E-state index contributed by atoms with van der Waals surface area (Å²) >= 11 is 0. The van der Waals surface area contributed by atoms with Crippen molar-refractivity contribution in [3.8, 4) is 5.88 Å². The third-order valence-corrected chi connectivity index (χ3v) is 4.86. The third-order valence-electron chi connectivity index (χ3n) is 4.86. The minimum absolute atomic E-state index is 0. The number of rotatable bonds is 5. The molecule has 25 heavy (non-hydrogen) atoms. The zero-order valence-corrected chi connectivity index (χ0v) is 16.3.